The highest BCUT2D eigenvalue weighted by atomic mass is 16.5. The number of hydrogen-bond acceptors (Lipinski definition) is 4. The number of nitrogens with zero attached hydrogens (tertiary/aromatic N) is 1. The lowest BCUT2D eigenvalue weighted by Crippen LogP contribution is -2.15. The molecule has 3 aromatic rings. The third-order valence-corrected chi connectivity index (χ3v) is 5.63. The Labute approximate surface area is 185 Å². The van der Waals surface area contributed by atoms with Crippen LogP contribution in [0.25, 0.3) is 11.0 Å². The number of fused-ring (bicyclic) bond motifs is 1. The van der Waals surface area contributed by atoms with Crippen molar-refractivity contribution in [2.24, 2.45) is 5.92 Å². The third kappa shape index (κ3) is 7.25. The molecule has 1 heterocycles. The second-order valence-corrected chi connectivity index (χ2v) is 8.95. The number of benzene rings is 2. The van der Waals surface area contributed by atoms with Gasteiger partial charge >= 0.3 is 5.63 Å². The van der Waals surface area contributed by atoms with Gasteiger partial charge in [0.15, 0.2) is 0 Å². The fourth-order valence-corrected chi connectivity index (χ4v) is 3.88. The van der Waals surface area contributed by atoms with Crippen LogP contribution in [0.3, 0.4) is 0 Å². The topological polar surface area (TPSA) is 42.7 Å². The second-order valence-electron chi connectivity index (χ2n) is 8.95. The Balaban J connectivity index is 1.45. The maximum atomic E-state index is 12.3. The molecule has 0 aliphatic carbocycles. The highest BCUT2D eigenvalue weighted by Gasteiger charge is 2.10. The number of aryl methyl sites for hydroxylation is 2. The SMILES string of the molecule is Cc1ccc2oc(=O)c(CC(C)CCCc3ccc(OCCCN(C)C)cc3)cc2c1. The Morgan fingerprint density at radius 3 is 2.55 bits per heavy atom. The minimum absolute atomic E-state index is 0.204. The van der Waals surface area contributed by atoms with Gasteiger partial charge in [0.05, 0.1) is 6.61 Å². The van der Waals surface area contributed by atoms with Gasteiger partial charge < -0.3 is 14.1 Å². The lowest BCUT2D eigenvalue weighted by atomic mass is 9.95. The lowest BCUT2D eigenvalue weighted by Gasteiger charge is -2.12. The monoisotopic (exact) mass is 421 g/mol. The van der Waals surface area contributed by atoms with Crippen LogP contribution in [0, 0.1) is 12.8 Å². The van der Waals surface area contributed by atoms with Crippen LogP contribution < -0.4 is 10.4 Å². The summed E-state index contributed by atoms with van der Waals surface area (Å²) in [5, 5.41) is 1.01. The van der Waals surface area contributed by atoms with Gasteiger partial charge in [-0.25, -0.2) is 4.79 Å². The van der Waals surface area contributed by atoms with Crippen LogP contribution in [-0.2, 0) is 12.8 Å². The molecule has 0 radical (unpaired) electrons. The van der Waals surface area contributed by atoms with E-state index in [1.54, 1.807) is 0 Å². The van der Waals surface area contributed by atoms with Gasteiger partial charge in [0, 0.05) is 17.5 Å². The molecule has 4 heteroatoms. The fourth-order valence-electron chi connectivity index (χ4n) is 3.88. The molecule has 4 nitrogen and oxygen atoms in total. The summed E-state index contributed by atoms with van der Waals surface area (Å²) in [4.78, 5) is 14.5. The Kier molecular flexibility index (Phi) is 8.30. The summed E-state index contributed by atoms with van der Waals surface area (Å²) in [7, 11) is 4.15. The van der Waals surface area contributed by atoms with Crippen molar-refractivity contribution in [3.63, 3.8) is 0 Å². The average Bonchev–Trinajstić information content (AvgIpc) is 2.73. The standard InChI is InChI=1S/C27H35NO3/c1-20(18-24-19-23-17-21(2)9-14-26(23)31-27(24)29)7-5-8-22-10-12-25(13-11-22)30-16-6-15-28(3)4/h9-14,17,19-20H,5-8,15-16,18H2,1-4H3. The van der Waals surface area contributed by atoms with Gasteiger partial charge in [-0.1, -0.05) is 37.1 Å². The van der Waals surface area contributed by atoms with Crippen LogP contribution in [0.2, 0.25) is 0 Å². The molecule has 0 amide bonds. The summed E-state index contributed by atoms with van der Waals surface area (Å²) in [5.74, 6) is 1.37. The Hall–Kier alpha value is -2.59. The molecule has 166 valence electrons. The average molecular weight is 422 g/mol. The Bertz CT molecular complexity index is 1020. The van der Waals surface area contributed by atoms with Crippen molar-refractivity contribution >= 4 is 11.0 Å². The van der Waals surface area contributed by atoms with E-state index in [1.807, 2.05) is 18.2 Å². The van der Waals surface area contributed by atoms with Gasteiger partial charge in [-0.3, -0.25) is 0 Å². The molecule has 0 spiro atoms. The van der Waals surface area contributed by atoms with E-state index in [9.17, 15) is 4.79 Å². The van der Waals surface area contributed by atoms with E-state index in [1.165, 1.54) is 11.1 Å². The van der Waals surface area contributed by atoms with Gasteiger partial charge in [-0.2, -0.15) is 0 Å². The zero-order valence-corrected chi connectivity index (χ0v) is 19.3. The molecule has 0 saturated carbocycles. The fraction of sp³-hybridized carbons (Fsp3) is 0.444. The highest BCUT2D eigenvalue weighted by molar-refractivity contribution is 5.77. The molecule has 1 aromatic heterocycles. The van der Waals surface area contributed by atoms with Crippen molar-refractivity contribution in [3.05, 3.63) is 75.6 Å². The molecule has 0 aliphatic rings. The Morgan fingerprint density at radius 2 is 1.81 bits per heavy atom. The van der Waals surface area contributed by atoms with Gasteiger partial charge in [0.25, 0.3) is 0 Å². The van der Waals surface area contributed by atoms with E-state index in [2.05, 4.69) is 63.2 Å². The van der Waals surface area contributed by atoms with E-state index in [0.29, 0.717) is 11.5 Å². The quantitative estimate of drug-likeness (QED) is 0.297. The summed E-state index contributed by atoms with van der Waals surface area (Å²) >= 11 is 0. The van der Waals surface area contributed by atoms with Crippen LogP contribution in [-0.4, -0.2) is 32.1 Å². The minimum Gasteiger partial charge on any atom is -0.494 e. The molecule has 3 rings (SSSR count). The molecule has 0 fully saturated rings. The number of rotatable bonds is 11. The van der Waals surface area contributed by atoms with E-state index < -0.39 is 0 Å². The van der Waals surface area contributed by atoms with Crippen LogP contribution in [0.1, 0.15) is 42.9 Å². The minimum atomic E-state index is -0.204. The predicted molar refractivity (Wildman–Crippen MR) is 128 cm³/mol. The van der Waals surface area contributed by atoms with Crippen molar-refractivity contribution in [1.82, 2.24) is 4.90 Å². The van der Waals surface area contributed by atoms with E-state index in [-0.39, 0.29) is 5.63 Å². The lowest BCUT2D eigenvalue weighted by molar-refractivity contribution is 0.281. The zero-order chi connectivity index (χ0) is 22.2. The van der Waals surface area contributed by atoms with Gasteiger partial charge in [0.2, 0.25) is 0 Å². The first-order valence-electron chi connectivity index (χ1n) is 11.3. The summed E-state index contributed by atoms with van der Waals surface area (Å²) in [6.07, 6.45) is 5.00. The largest absolute Gasteiger partial charge is 0.494 e. The van der Waals surface area contributed by atoms with Gasteiger partial charge in [-0.15, -0.1) is 0 Å². The number of hydrogen-bond donors (Lipinski definition) is 0. The first kappa shape index (κ1) is 23.1. The molecular formula is C27H35NO3. The zero-order valence-electron chi connectivity index (χ0n) is 19.3. The molecule has 0 aliphatic heterocycles. The van der Waals surface area contributed by atoms with Crippen molar-refractivity contribution < 1.29 is 9.15 Å². The predicted octanol–water partition coefficient (Wildman–Crippen LogP) is 5.63. The Morgan fingerprint density at radius 1 is 1.03 bits per heavy atom. The first-order valence-corrected chi connectivity index (χ1v) is 11.3. The van der Waals surface area contributed by atoms with Crippen molar-refractivity contribution in [2.75, 3.05) is 27.2 Å². The summed E-state index contributed by atoms with van der Waals surface area (Å²) < 4.78 is 11.3. The molecule has 0 bridgehead atoms. The summed E-state index contributed by atoms with van der Waals surface area (Å²) in [6, 6.07) is 16.4. The number of ether oxygens (including phenoxy) is 1. The second kappa shape index (κ2) is 11.1. The van der Waals surface area contributed by atoms with Crippen LogP contribution in [0.15, 0.2) is 57.7 Å². The maximum Gasteiger partial charge on any atom is 0.339 e. The smallest absolute Gasteiger partial charge is 0.339 e. The molecule has 0 saturated heterocycles. The molecule has 31 heavy (non-hydrogen) atoms. The summed E-state index contributed by atoms with van der Waals surface area (Å²) in [5.41, 5.74) is 3.74. The highest BCUT2D eigenvalue weighted by Crippen LogP contribution is 2.20. The van der Waals surface area contributed by atoms with E-state index >= 15 is 0 Å². The van der Waals surface area contributed by atoms with Gasteiger partial charge in [-0.05, 0) is 88.5 Å². The molecule has 0 N–H and O–H groups in total. The maximum absolute atomic E-state index is 12.3. The van der Waals surface area contributed by atoms with E-state index in [0.717, 1.165) is 62.0 Å². The normalized spacial score (nSPS) is 12.4. The summed E-state index contributed by atoms with van der Waals surface area (Å²) in [6.45, 7) is 6.05. The first-order chi connectivity index (χ1) is 14.9. The van der Waals surface area contributed by atoms with Crippen molar-refractivity contribution in [2.45, 2.75) is 46.0 Å². The van der Waals surface area contributed by atoms with Crippen molar-refractivity contribution in [3.8, 4) is 5.75 Å². The molecule has 1 atom stereocenters. The molecular weight excluding hydrogens is 386 g/mol. The van der Waals surface area contributed by atoms with Gasteiger partial charge in [0.1, 0.15) is 11.3 Å². The molecule has 1 unspecified atom stereocenters. The van der Waals surface area contributed by atoms with Crippen molar-refractivity contribution in [1.29, 1.82) is 0 Å². The van der Waals surface area contributed by atoms with E-state index in [4.69, 9.17) is 9.15 Å². The third-order valence-electron chi connectivity index (χ3n) is 5.63. The van der Waals surface area contributed by atoms with Crippen LogP contribution in [0.4, 0.5) is 0 Å². The van der Waals surface area contributed by atoms with Crippen LogP contribution >= 0.6 is 0 Å². The van der Waals surface area contributed by atoms with Crippen LogP contribution in [0.5, 0.6) is 5.75 Å². The molecule has 2 aromatic carbocycles.